The van der Waals surface area contributed by atoms with Crippen molar-refractivity contribution in [3.05, 3.63) is 22.4 Å². The average molecular weight is 254 g/mol. The minimum absolute atomic E-state index is 0.289. The Morgan fingerprint density at radius 2 is 2.12 bits per heavy atom. The molecule has 2 N–H and O–H groups in total. The number of nitrogens with zero attached hydrogens (tertiary/aromatic N) is 1. The quantitative estimate of drug-likeness (QED) is 0.862. The van der Waals surface area contributed by atoms with Crippen LogP contribution in [0, 0.1) is 0 Å². The van der Waals surface area contributed by atoms with Gasteiger partial charge in [0.25, 0.3) is 0 Å². The molecular formula is C11H14N2O3S. The van der Waals surface area contributed by atoms with E-state index in [4.69, 9.17) is 5.11 Å². The number of aliphatic carboxylic acids is 1. The third-order valence-corrected chi connectivity index (χ3v) is 3.67. The summed E-state index contributed by atoms with van der Waals surface area (Å²) in [5, 5.41) is 13.5. The summed E-state index contributed by atoms with van der Waals surface area (Å²) < 4.78 is 0. The van der Waals surface area contributed by atoms with Gasteiger partial charge in [-0.25, -0.2) is 9.59 Å². The zero-order chi connectivity index (χ0) is 12.3. The third kappa shape index (κ3) is 2.76. The highest BCUT2D eigenvalue weighted by Gasteiger charge is 2.26. The number of carboxylic acids is 1. The van der Waals surface area contributed by atoms with E-state index in [9.17, 15) is 9.59 Å². The Hall–Kier alpha value is -1.56. The van der Waals surface area contributed by atoms with Gasteiger partial charge in [0, 0.05) is 18.0 Å². The van der Waals surface area contributed by atoms with Crippen LogP contribution < -0.4 is 5.32 Å². The zero-order valence-electron chi connectivity index (χ0n) is 9.26. The van der Waals surface area contributed by atoms with Gasteiger partial charge in [0.2, 0.25) is 0 Å². The second-order valence-corrected chi connectivity index (χ2v) is 4.91. The molecule has 2 heterocycles. The molecule has 1 aromatic rings. The van der Waals surface area contributed by atoms with E-state index in [1.807, 2.05) is 0 Å². The molecule has 1 aromatic heterocycles. The van der Waals surface area contributed by atoms with Crippen molar-refractivity contribution in [2.45, 2.75) is 18.9 Å². The first-order valence-electron chi connectivity index (χ1n) is 5.50. The summed E-state index contributed by atoms with van der Waals surface area (Å²) in [6, 6.07) is 2.26. The number of carbonyl (C=O) groups excluding carboxylic acids is 1. The highest BCUT2D eigenvalue weighted by molar-refractivity contribution is 7.10. The summed E-state index contributed by atoms with van der Waals surface area (Å²) in [6.45, 7) is 1.42. The van der Waals surface area contributed by atoms with Crippen molar-refractivity contribution in [3.8, 4) is 0 Å². The molecule has 1 saturated heterocycles. The Kier molecular flexibility index (Phi) is 3.63. The minimum Gasteiger partial charge on any atom is -0.479 e. The van der Waals surface area contributed by atoms with E-state index in [-0.39, 0.29) is 6.03 Å². The number of carboxylic acid groups (broad SMARTS) is 1. The van der Waals surface area contributed by atoms with Gasteiger partial charge >= 0.3 is 12.0 Å². The van der Waals surface area contributed by atoms with Crippen LogP contribution in [0.15, 0.2) is 17.5 Å². The number of hydrogen-bond donors (Lipinski definition) is 2. The largest absolute Gasteiger partial charge is 0.479 e. The fourth-order valence-corrected chi connectivity index (χ4v) is 2.61. The molecular weight excluding hydrogens is 240 g/mol. The van der Waals surface area contributed by atoms with Gasteiger partial charge in [-0.05, 0) is 24.3 Å². The number of thiophene rings is 1. The maximum absolute atomic E-state index is 11.8. The molecule has 0 aliphatic carbocycles. The van der Waals surface area contributed by atoms with E-state index in [0.717, 1.165) is 12.8 Å². The van der Waals surface area contributed by atoms with Gasteiger partial charge < -0.3 is 15.3 Å². The van der Waals surface area contributed by atoms with Gasteiger partial charge in [0.15, 0.2) is 6.04 Å². The van der Waals surface area contributed by atoms with Crippen LogP contribution in [0.4, 0.5) is 4.79 Å². The lowest BCUT2D eigenvalue weighted by Crippen LogP contribution is -2.42. The normalized spacial score (nSPS) is 16.8. The SMILES string of the molecule is O=C(O)C(NC(=O)N1CCCC1)c1cccs1. The van der Waals surface area contributed by atoms with E-state index < -0.39 is 12.0 Å². The molecule has 1 atom stereocenters. The molecule has 1 fully saturated rings. The first kappa shape index (κ1) is 11.9. The van der Waals surface area contributed by atoms with Crippen LogP contribution in [0.5, 0.6) is 0 Å². The summed E-state index contributed by atoms with van der Waals surface area (Å²) in [5.74, 6) is -1.03. The van der Waals surface area contributed by atoms with Crippen molar-refractivity contribution in [2.75, 3.05) is 13.1 Å². The van der Waals surface area contributed by atoms with E-state index >= 15 is 0 Å². The van der Waals surface area contributed by atoms with Gasteiger partial charge in [-0.2, -0.15) is 0 Å². The smallest absolute Gasteiger partial charge is 0.331 e. The third-order valence-electron chi connectivity index (χ3n) is 2.74. The van der Waals surface area contributed by atoms with Crippen molar-refractivity contribution >= 4 is 23.3 Å². The predicted molar refractivity (Wildman–Crippen MR) is 64.0 cm³/mol. The Balaban J connectivity index is 2.03. The standard InChI is InChI=1S/C11H14N2O3S/c14-10(15)9(8-4-3-7-17-8)12-11(16)13-5-1-2-6-13/h3-4,7,9H,1-2,5-6H2,(H,12,16)(H,14,15). The Morgan fingerprint density at radius 1 is 1.41 bits per heavy atom. The summed E-state index contributed by atoms with van der Waals surface area (Å²) >= 11 is 1.33. The number of nitrogens with one attached hydrogen (secondary N) is 1. The summed E-state index contributed by atoms with van der Waals surface area (Å²) in [4.78, 5) is 25.2. The number of amides is 2. The molecule has 0 saturated carbocycles. The van der Waals surface area contributed by atoms with Crippen LogP contribution in [0.2, 0.25) is 0 Å². The predicted octanol–water partition coefficient (Wildman–Crippen LogP) is 1.68. The lowest BCUT2D eigenvalue weighted by molar-refractivity contribution is -0.139. The Bertz CT molecular complexity index is 399. The molecule has 0 radical (unpaired) electrons. The maximum atomic E-state index is 11.8. The first-order chi connectivity index (χ1) is 8.18. The number of hydrogen-bond acceptors (Lipinski definition) is 3. The zero-order valence-corrected chi connectivity index (χ0v) is 10.1. The van der Waals surface area contributed by atoms with Crippen molar-refractivity contribution in [1.82, 2.24) is 10.2 Å². The molecule has 17 heavy (non-hydrogen) atoms. The highest BCUT2D eigenvalue weighted by Crippen LogP contribution is 2.20. The topological polar surface area (TPSA) is 69.6 Å². The van der Waals surface area contributed by atoms with Gasteiger partial charge in [-0.15, -0.1) is 11.3 Å². The van der Waals surface area contributed by atoms with Crippen LogP contribution in [-0.4, -0.2) is 35.1 Å². The monoisotopic (exact) mass is 254 g/mol. The molecule has 2 rings (SSSR count). The second kappa shape index (κ2) is 5.18. The van der Waals surface area contributed by atoms with Crippen molar-refractivity contribution in [3.63, 3.8) is 0 Å². The number of urea groups is 1. The van der Waals surface area contributed by atoms with Crippen LogP contribution in [0.1, 0.15) is 23.8 Å². The van der Waals surface area contributed by atoms with Gasteiger partial charge in [-0.3, -0.25) is 0 Å². The summed E-state index contributed by atoms with van der Waals surface area (Å²) in [7, 11) is 0. The Labute approximate surface area is 103 Å². The maximum Gasteiger partial charge on any atom is 0.331 e. The van der Waals surface area contributed by atoms with Crippen LogP contribution in [-0.2, 0) is 4.79 Å². The lowest BCUT2D eigenvalue weighted by atomic mass is 10.2. The second-order valence-electron chi connectivity index (χ2n) is 3.93. The first-order valence-corrected chi connectivity index (χ1v) is 6.38. The van der Waals surface area contributed by atoms with Crippen molar-refractivity contribution < 1.29 is 14.7 Å². The van der Waals surface area contributed by atoms with E-state index in [1.54, 1.807) is 22.4 Å². The fraction of sp³-hybridized carbons (Fsp3) is 0.455. The van der Waals surface area contributed by atoms with E-state index in [2.05, 4.69) is 5.32 Å². The lowest BCUT2D eigenvalue weighted by Gasteiger charge is -2.19. The van der Waals surface area contributed by atoms with Crippen LogP contribution in [0.25, 0.3) is 0 Å². The molecule has 0 spiro atoms. The molecule has 1 aliphatic rings. The molecule has 2 amide bonds. The van der Waals surface area contributed by atoms with Crippen molar-refractivity contribution in [2.24, 2.45) is 0 Å². The molecule has 6 heteroatoms. The summed E-state index contributed by atoms with van der Waals surface area (Å²) in [5.41, 5.74) is 0. The fourth-order valence-electron chi connectivity index (χ4n) is 1.85. The molecule has 0 aromatic carbocycles. The van der Waals surface area contributed by atoms with Crippen LogP contribution >= 0.6 is 11.3 Å². The number of likely N-dealkylation sites (tertiary alicyclic amines) is 1. The molecule has 1 aliphatic heterocycles. The molecule has 92 valence electrons. The van der Waals surface area contributed by atoms with Gasteiger partial charge in [0.05, 0.1) is 0 Å². The highest BCUT2D eigenvalue weighted by atomic mass is 32.1. The summed E-state index contributed by atoms with van der Waals surface area (Å²) in [6.07, 6.45) is 1.98. The van der Waals surface area contributed by atoms with Crippen LogP contribution in [0.3, 0.4) is 0 Å². The molecule has 1 unspecified atom stereocenters. The minimum atomic E-state index is -1.03. The van der Waals surface area contributed by atoms with E-state index in [0.29, 0.717) is 18.0 Å². The van der Waals surface area contributed by atoms with E-state index in [1.165, 1.54) is 11.3 Å². The van der Waals surface area contributed by atoms with Gasteiger partial charge in [-0.1, -0.05) is 6.07 Å². The van der Waals surface area contributed by atoms with Gasteiger partial charge in [0.1, 0.15) is 0 Å². The average Bonchev–Trinajstić information content (AvgIpc) is 2.97. The number of rotatable bonds is 3. The molecule has 0 bridgehead atoms. The Morgan fingerprint density at radius 3 is 2.65 bits per heavy atom. The molecule has 5 nitrogen and oxygen atoms in total. The number of carbonyl (C=O) groups is 2. The van der Waals surface area contributed by atoms with Crippen molar-refractivity contribution in [1.29, 1.82) is 0 Å².